The van der Waals surface area contributed by atoms with Gasteiger partial charge < -0.3 is 14.4 Å². The standard InChI is InChI=1S/C24H23ClN2O6/c1-14-20(23(28)32-3)22(17-10-6-7-11-18(17)25)21(24(29)33-4)15(2)26(14)13-16-9-5-8-12-19(16)27(30)31/h5-12,22H,13H2,1-4H3. The number of methoxy groups -OCH3 is 2. The summed E-state index contributed by atoms with van der Waals surface area (Å²) in [6.45, 7) is 3.48. The Morgan fingerprint density at radius 1 is 0.970 bits per heavy atom. The van der Waals surface area contributed by atoms with Crippen molar-refractivity contribution in [3.05, 3.63) is 97.3 Å². The molecule has 1 aliphatic rings. The van der Waals surface area contributed by atoms with E-state index in [9.17, 15) is 19.7 Å². The average Bonchev–Trinajstić information content (AvgIpc) is 2.81. The summed E-state index contributed by atoms with van der Waals surface area (Å²) in [5.74, 6) is -2.11. The lowest BCUT2D eigenvalue weighted by atomic mass is 9.79. The molecule has 0 aromatic heterocycles. The van der Waals surface area contributed by atoms with E-state index in [0.717, 1.165) is 0 Å². The van der Waals surface area contributed by atoms with Crippen LogP contribution in [-0.4, -0.2) is 36.0 Å². The summed E-state index contributed by atoms with van der Waals surface area (Å²) in [4.78, 5) is 38.7. The monoisotopic (exact) mass is 470 g/mol. The van der Waals surface area contributed by atoms with Crippen molar-refractivity contribution in [1.82, 2.24) is 4.90 Å². The Kier molecular flexibility index (Phi) is 7.18. The van der Waals surface area contributed by atoms with Gasteiger partial charge in [-0.1, -0.05) is 48.0 Å². The number of nitrogens with zero attached hydrogens (tertiary/aromatic N) is 2. The Morgan fingerprint density at radius 3 is 2.00 bits per heavy atom. The number of esters is 2. The molecule has 0 atom stereocenters. The van der Waals surface area contributed by atoms with E-state index in [1.54, 1.807) is 61.2 Å². The van der Waals surface area contributed by atoms with Gasteiger partial charge in [-0.05, 0) is 25.5 Å². The van der Waals surface area contributed by atoms with Gasteiger partial charge in [0.25, 0.3) is 5.69 Å². The molecular formula is C24H23ClN2O6. The van der Waals surface area contributed by atoms with Crippen LogP contribution >= 0.6 is 11.6 Å². The Bertz CT molecular complexity index is 1150. The molecule has 0 aliphatic carbocycles. The van der Waals surface area contributed by atoms with Crippen molar-refractivity contribution in [3.63, 3.8) is 0 Å². The highest BCUT2D eigenvalue weighted by Gasteiger charge is 2.41. The van der Waals surface area contributed by atoms with Crippen LogP contribution in [0.1, 0.15) is 30.9 Å². The number of hydrogen-bond donors (Lipinski definition) is 0. The smallest absolute Gasteiger partial charge is 0.336 e. The first-order valence-electron chi connectivity index (χ1n) is 10.0. The van der Waals surface area contributed by atoms with Crippen LogP contribution in [-0.2, 0) is 25.6 Å². The second-order valence-corrected chi connectivity index (χ2v) is 7.82. The molecule has 3 rings (SSSR count). The van der Waals surface area contributed by atoms with E-state index in [1.165, 1.54) is 20.3 Å². The van der Waals surface area contributed by atoms with Crippen LogP contribution in [0.5, 0.6) is 0 Å². The Hall–Kier alpha value is -3.65. The minimum Gasteiger partial charge on any atom is -0.466 e. The van der Waals surface area contributed by atoms with Gasteiger partial charge in [-0.2, -0.15) is 0 Å². The molecule has 0 saturated carbocycles. The number of rotatable bonds is 6. The molecule has 1 heterocycles. The molecule has 0 N–H and O–H groups in total. The molecular weight excluding hydrogens is 448 g/mol. The maximum atomic E-state index is 13.0. The van der Waals surface area contributed by atoms with Crippen molar-refractivity contribution in [2.24, 2.45) is 0 Å². The number of para-hydroxylation sites is 1. The summed E-state index contributed by atoms with van der Waals surface area (Å²) in [7, 11) is 2.50. The molecule has 0 spiro atoms. The highest BCUT2D eigenvalue weighted by Crippen LogP contribution is 2.45. The number of carbonyl (C=O) groups is 2. The van der Waals surface area contributed by atoms with E-state index >= 15 is 0 Å². The molecule has 0 bridgehead atoms. The van der Waals surface area contributed by atoms with Crippen LogP contribution in [0.2, 0.25) is 5.02 Å². The fourth-order valence-corrected chi connectivity index (χ4v) is 4.35. The number of benzene rings is 2. The molecule has 9 heteroatoms. The van der Waals surface area contributed by atoms with Gasteiger partial charge in [0.1, 0.15) is 0 Å². The predicted octanol–water partition coefficient (Wildman–Crippen LogP) is 4.74. The lowest BCUT2D eigenvalue weighted by Crippen LogP contribution is -2.35. The van der Waals surface area contributed by atoms with Gasteiger partial charge in [-0.3, -0.25) is 10.1 Å². The van der Waals surface area contributed by atoms with Gasteiger partial charge in [0.15, 0.2) is 0 Å². The third kappa shape index (κ3) is 4.47. The third-order valence-corrected chi connectivity index (χ3v) is 6.05. The van der Waals surface area contributed by atoms with Gasteiger partial charge in [0, 0.05) is 28.0 Å². The van der Waals surface area contributed by atoms with Crippen molar-refractivity contribution in [2.45, 2.75) is 26.3 Å². The van der Waals surface area contributed by atoms with E-state index in [4.69, 9.17) is 21.1 Å². The van der Waals surface area contributed by atoms with E-state index in [-0.39, 0.29) is 23.4 Å². The van der Waals surface area contributed by atoms with Crippen LogP contribution in [0.25, 0.3) is 0 Å². The quantitative estimate of drug-likeness (QED) is 0.341. The van der Waals surface area contributed by atoms with E-state index in [2.05, 4.69) is 0 Å². The lowest BCUT2D eigenvalue weighted by Gasteiger charge is -2.38. The van der Waals surface area contributed by atoms with Gasteiger partial charge in [0.05, 0.1) is 42.8 Å². The Balaban J connectivity index is 2.28. The van der Waals surface area contributed by atoms with Crippen LogP contribution in [0.15, 0.2) is 71.1 Å². The first-order chi connectivity index (χ1) is 15.7. The number of ether oxygens (including phenoxy) is 2. The van der Waals surface area contributed by atoms with E-state index in [1.807, 2.05) is 0 Å². The second kappa shape index (κ2) is 9.87. The number of hydrogen-bond acceptors (Lipinski definition) is 7. The molecule has 172 valence electrons. The van der Waals surface area contributed by atoms with Gasteiger partial charge in [-0.25, -0.2) is 9.59 Å². The van der Waals surface area contributed by atoms with Crippen LogP contribution < -0.4 is 0 Å². The van der Waals surface area contributed by atoms with Crippen LogP contribution in [0, 0.1) is 10.1 Å². The first-order valence-corrected chi connectivity index (χ1v) is 10.4. The molecule has 0 saturated heterocycles. The highest BCUT2D eigenvalue weighted by atomic mass is 35.5. The summed E-state index contributed by atoms with van der Waals surface area (Å²) in [6, 6.07) is 13.2. The van der Waals surface area contributed by atoms with Crippen molar-refractivity contribution in [1.29, 1.82) is 0 Å². The van der Waals surface area contributed by atoms with Crippen LogP contribution in [0.3, 0.4) is 0 Å². The fourth-order valence-electron chi connectivity index (χ4n) is 4.11. The van der Waals surface area contributed by atoms with Crippen molar-refractivity contribution >= 4 is 29.2 Å². The zero-order valence-corrected chi connectivity index (χ0v) is 19.4. The fraction of sp³-hybridized carbons (Fsp3) is 0.250. The summed E-state index contributed by atoms with van der Waals surface area (Å²) >= 11 is 6.46. The minimum atomic E-state index is -0.833. The summed E-state index contributed by atoms with van der Waals surface area (Å²) in [5.41, 5.74) is 2.30. The van der Waals surface area contributed by atoms with Crippen molar-refractivity contribution in [2.75, 3.05) is 14.2 Å². The molecule has 1 aliphatic heterocycles. The number of nitro groups is 1. The SMILES string of the molecule is COC(=O)C1=C(C)N(Cc2ccccc2[N+](=O)[O-])C(C)=C(C(=O)OC)C1c1ccccc1Cl. The molecule has 0 fully saturated rings. The topological polar surface area (TPSA) is 99.0 Å². The molecule has 0 unspecified atom stereocenters. The zero-order valence-electron chi connectivity index (χ0n) is 18.6. The highest BCUT2D eigenvalue weighted by molar-refractivity contribution is 6.31. The predicted molar refractivity (Wildman–Crippen MR) is 122 cm³/mol. The molecule has 0 amide bonds. The molecule has 33 heavy (non-hydrogen) atoms. The molecule has 2 aromatic carbocycles. The normalized spacial score (nSPS) is 14.4. The first kappa shape index (κ1) is 24.0. The maximum absolute atomic E-state index is 13.0. The maximum Gasteiger partial charge on any atom is 0.336 e. The number of halogens is 1. The van der Waals surface area contributed by atoms with Gasteiger partial charge in [-0.15, -0.1) is 0 Å². The second-order valence-electron chi connectivity index (χ2n) is 7.41. The van der Waals surface area contributed by atoms with Gasteiger partial charge in [0.2, 0.25) is 0 Å². The Morgan fingerprint density at radius 2 is 1.48 bits per heavy atom. The summed E-state index contributed by atoms with van der Waals surface area (Å²) in [6.07, 6.45) is 0. The Labute approximate surface area is 196 Å². The molecule has 2 aromatic rings. The molecule has 8 nitrogen and oxygen atoms in total. The molecule has 0 radical (unpaired) electrons. The van der Waals surface area contributed by atoms with Crippen LogP contribution in [0.4, 0.5) is 5.69 Å². The summed E-state index contributed by atoms with van der Waals surface area (Å²) < 4.78 is 10.1. The average molecular weight is 471 g/mol. The summed E-state index contributed by atoms with van der Waals surface area (Å²) in [5, 5.41) is 11.9. The largest absolute Gasteiger partial charge is 0.466 e. The zero-order chi connectivity index (χ0) is 24.3. The minimum absolute atomic E-state index is 0.0606. The van der Waals surface area contributed by atoms with E-state index in [0.29, 0.717) is 27.5 Å². The van der Waals surface area contributed by atoms with Crippen molar-refractivity contribution < 1.29 is 24.0 Å². The van der Waals surface area contributed by atoms with E-state index < -0.39 is 22.8 Å². The third-order valence-electron chi connectivity index (χ3n) is 5.71. The van der Waals surface area contributed by atoms with Gasteiger partial charge >= 0.3 is 11.9 Å². The van der Waals surface area contributed by atoms with Crippen molar-refractivity contribution in [3.8, 4) is 0 Å². The lowest BCUT2D eigenvalue weighted by molar-refractivity contribution is -0.385. The number of carbonyl (C=O) groups excluding carboxylic acids is 2. The number of allylic oxidation sites excluding steroid dienone is 2. The number of nitro benzene ring substituents is 1.